The summed E-state index contributed by atoms with van der Waals surface area (Å²) in [4.78, 5) is 168. The molecule has 35 heteroatoms. The van der Waals surface area contributed by atoms with Gasteiger partial charge in [-0.2, -0.15) is 10.5 Å². The average Bonchev–Trinajstić information content (AvgIpc) is 1.71. The summed E-state index contributed by atoms with van der Waals surface area (Å²) in [6.07, 6.45) is 7.43. The van der Waals surface area contributed by atoms with Crippen molar-refractivity contribution in [2.24, 2.45) is 33.5 Å². The van der Waals surface area contributed by atoms with Crippen LogP contribution in [0.5, 0.6) is 11.5 Å². The standard InChI is InChI=1S/C45H48ClN7O5.C28H32ClN3O3.C17H16N4O3.C4H6O4.C2H3BO2.Na/c1-44(2)42(45(3,4)43(44)58-34-12-7-30(25-47)37(46)24-34)49-39(55)29-5-8-31(9-6-29)51-17-15-28(16-18-51)27-50-19-21-52(22-20-50)32-10-13-35-36(23-32)41(57)53(40(35)56)33-11-14-38(54)48-26-33;1-27(2)25(28(3,4)26(27)35-22-10-7-20(16-30)23(29)15-22)31-24(34)19-5-8-21(9-6-19)32-13-11-18(17-33)12-14-32;22-15-4-2-12(10-19-15)21-16(23)13-3-1-11(9-14(13)17(21)24)20-7-5-18-6-8-20;1-3(5)7-8-4(2)6;1-2(4)5-3;/h5-14,23-24,26,28,42-43H,15-22,27H2,1-4H3,(H,48,54)(H,49,55);5-10,15,17-18,25-26H,11-14H2,1-4H3,(H,31,34);1-4,9-10,18H,5-8H2,(H,19,22);1-2H3;1H3;/q;;;;-1;+1. The number of H-pyrrole nitrogens is 2. The molecule has 8 aliphatic rings. The molecule has 2 aliphatic carbocycles. The largest absolute Gasteiger partial charge is 1.00 e. The van der Waals surface area contributed by atoms with E-state index in [1.165, 1.54) is 43.6 Å². The fourth-order valence-corrected chi connectivity index (χ4v) is 19.4. The molecule has 679 valence electrons. The van der Waals surface area contributed by atoms with Gasteiger partial charge in [-0.05, 0) is 153 Å². The number of rotatable bonds is 17. The number of hydrogen-bond acceptors (Lipinski definition) is 25. The van der Waals surface area contributed by atoms with E-state index < -0.39 is 17.9 Å². The van der Waals surface area contributed by atoms with E-state index in [0.717, 1.165) is 163 Å². The fraction of sp³-hybridized carbons (Fsp3) is 0.396. The van der Waals surface area contributed by atoms with Gasteiger partial charge >= 0.3 is 41.5 Å². The number of amides is 6. The number of aldehydes is 1. The molecular formula is C96H105BCl2N14NaO17. The van der Waals surface area contributed by atoms with Gasteiger partial charge in [0.05, 0.1) is 54.8 Å². The maximum atomic E-state index is 13.5. The Labute approximate surface area is 793 Å². The zero-order valence-electron chi connectivity index (χ0n) is 75.4. The summed E-state index contributed by atoms with van der Waals surface area (Å²) < 4.78 is 16.3. The van der Waals surface area contributed by atoms with Crippen LogP contribution < -0.4 is 95.5 Å². The summed E-state index contributed by atoms with van der Waals surface area (Å²) in [5.41, 5.74) is 6.49. The molecule has 16 rings (SSSR count). The summed E-state index contributed by atoms with van der Waals surface area (Å²) in [5, 5.41) is 28.8. The van der Waals surface area contributed by atoms with Crippen LogP contribution in [0.25, 0.3) is 0 Å². The van der Waals surface area contributed by atoms with Crippen molar-refractivity contribution in [1.82, 2.24) is 30.8 Å². The SMILES string of the molecule is CC(=O)OOC(C)=O.CC1(C)C(NC(=O)c2ccc(N3CCC(C=O)CC3)cc2)C(C)(C)C1Oc1ccc(C#N)c(Cl)c1.CC1(C)C(NC(=O)c2ccc(N3CCC(CN4CCN(c5ccc6c(c5)C(=O)N(c5ccc(=O)[nH]c5)C6=O)CC4)CC3)cc2)C(C)(C)C1Oc1ccc(C#N)c(Cl)c1.O=C1c2ccc(N3CCNCC3)cc2C(=O)N1c1ccc(=O)[nH]c1.[B-]OC(C)=O.[Na+]. The van der Waals surface area contributed by atoms with Gasteiger partial charge in [0, 0.05) is 216 Å². The molecule has 8 heterocycles. The number of fused-ring (bicyclic) bond motifs is 2. The van der Waals surface area contributed by atoms with E-state index in [-0.39, 0.29) is 128 Å². The Hall–Kier alpha value is -12.1. The van der Waals surface area contributed by atoms with E-state index in [1.54, 1.807) is 54.6 Å². The van der Waals surface area contributed by atoms with Crippen LogP contribution in [0.1, 0.15) is 175 Å². The second kappa shape index (κ2) is 42.8. The van der Waals surface area contributed by atoms with Gasteiger partial charge in [0.1, 0.15) is 42.1 Å². The number of ether oxygens (including phenoxy) is 2. The van der Waals surface area contributed by atoms with Gasteiger partial charge in [0.25, 0.3) is 35.4 Å². The molecule has 6 fully saturated rings. The third-order valence-corrected chi connectivity index (χ3v) is 25.8. The summed E-state index contributed by atoms with van der Waals surface area (Å²) in [6.45, 7) is 32.0. The van der Waals surface area contributed by atoms with E-state index in [9.17, 15) is 62.8 Å². The van der Waals surface area contributed by atoms with Crippen LogP contribution in [0.4, 0.5) is 34.1 Å². The smallest absolute Gasteiger partial charge is 0.793 e. The van der Waals surface area contributed by atoms with E-state index in [0.29, 0.717) is 83.3 Å². The molecule has 0 spiro atoms. The van der Waals surface area contributed by atoms with Gasteiger partial charge in [-0.15, -0.1) is 0 Å². The first-order chi connectivity index (χ1) is 61.9. The van der Waals surface area contributed by atoms with E-state index in [4.69, 9.17) is 37.9 Å². The topological polar surface area (TPSA) is 389 Å². The normalized spacial score (nSPS) is 19.6. The van der Waals surface area contributed by atoms with Gasteiger partial charge in [-0.25, -0.2) is 29.2 Å². The number of nitrogens with zero attached hydrogens (tertiary/aromatic N) is 9. The molecule has 4 saturated heterocycles. The summed E-state index contributed by atoms with van der Waals surface area (Å²) in [7, 11) is 4.32. The summed E-state index contributed by atoms with van der Waals surface area (Å²) >= 11 is 12.4. The number of aromatic nitrogens is 2. The first kappa shape index (κ1) is 99.4. The first-order valence-electron chi connectivity index (χ1n) is 43.0. The van der Waals surface area contributed by atoms with E-state index in [2.05, 4.69) is 153 Å². The molecule has 6 aromatic carbocycles. The molecule has 31 nitrogen and oxygen atoms in total. The van der Waals surface area contributed by atoms with Gasteiger partial charge in [-0.3, -0.25) is 48.1 Å². The van der Waals surface area contributed by atoms with Crippen molar-refractivity contribution in [3.05, 3.63) is 233 Å². The number of piperazine rings is 2. The maximum Gasteiger partial charge on any atom is 1.00 e. The number of nitrogens with one attached hydrogen (secondary N) is 5. The molecule has 2 aromatic heterocycles. The zero-order valence-corrected chi connectivity index (χ0v) is 78.9. The van der Waals surface area contributed by atoms with Crippen LogP contribution in [0.2, 0.25) is 10.0 Å². The number of nitriles is 2. The monoisotopic (exact) mass is 1830 g/mol. The molecule has 5 N–H and O–H groups in total. The maximum absolute atomic E-state index is 13.5. The number of imide groups is 2. The molecule has 2 saturated carbocycles. The molecule has 6 aliphatic heterocycles. The number of carbonyl (C=O) groups excluding carboxylic acids is 10. The zero-order chi connectivity index (χ0) is 93.8. The Kier molecular flexibility index (Phi) is 32.5. The number of anilines is 6. The van der Waals surface area contributed by atoms with Crippen molar-refractivity contribution in [1.29, 1.82) is 10.5 Å². The Bertz CT molecular complexity index is 5720. The van der Waals surface area contributed by atoms with Crippen LogP contribution in [0.3, 0.4) is 0 Å². The molecule has 3 radical (unpaired) electrons. The van der Waals surface area contributed by atoms with Crippen LogP contribution in [-0.2, 0) is 33.6 Å². The minimum Gasteiger partial charge on any atom is -0.793 e. The molecule has 0 atom stereocenters. The van der Waals surface area contributed by atoms with E-state index in [1.807, 2.05) is 54.6 Å². The molecule has 0 unspecified atom stereocenters. The Morgan fingerprint density at radius 2 is 0.809 bits per heavy atom. The van der Waals surface area contributed by atoms with E-state index >= 15 is 0 Å². The van der Waals surface area contributed by atoms with Crippen molar-refractivity contribution in [3.63, 3.8) is 0 Å². The van der Waals surface area contributed by atoms with Gasteiger partial charge in [0.2, 0.25) is 17.1 Å². The van der Waals surface area contributed by atoms with Crippen LogP contribution in [0.15, 0.2) is 168 Å². The third-order valence-electron chi connectivity index (χ3n) is 25.2. The Morgan fingerprint density at radius 1 is 0.458 bits per heavy atom. The van der Waals surface area contributed by atoms with Gasteiger partial charge in [0.15, 0.2) is 0 Å². The third kappa shape index (κ3) is 22.9. The fourth-order valence-electron chi connectivity index (χ4n) is 18.9. The number of carbonyl (C=O) groups is 10. The molecular weight excluding hydrogens is 1730 g/mol. The molecule has 6 amide bonds. The van der Waals surface area contributed by atoms with Crippen LogP contribution >= 0.6 is 23.2 Å². The average molecular weight is 1830 g/mol. The Morgan fingerprint density at radius 3 is 1.15 bits per heavy atom. The van der Waals surface area contributed by atoms with Crippen LogP contribution in [-0.4, -0.2) is 192 Å². The second-order valence-corrected chi connectivity index (χ2v) is 36.4. The predicted molar refractivity (Wildman–Crippen MR) is 492 cm³/mol. The number of hydrogen-bond donors (Lipinski definition) is 5. The van der Waals surface area contributed by atoms with Crippen molar-refractivity contribution in [2.45, 2.75) is 126 Å². The molecule has 8 aromatic rings. The minimum absolute atomic E-state index is 0. The van der Waals surface area contributed by atoms with Crippen molar-refractivity contribution in [3.8, 4) is 23.6 Å². The minimum atomic E-state index is -0.639. The Balaban J connectivity index is 0.000000191. The summed E-state index contributed by atoms with van der Waals surface area (Å²) in [6, 6.07) is 46.1. The molecule has 131 heavy (non-hydrogen) atoms. The number of piperidine rings is 2. The number of benzene rings is 6. The summed E-state index contributed by atoms with van der Waals surface area (Å²) in [5.74, 6) is -1.48. The molecule has 0 bridgehead atoms. The number of aromatic amines is 2. The van der Waals surface area contributed by atoms with Crippen molar-refractivity contribution < 1.29 is 101 Å². The van der Waals surface area contributed by atoms with Gasteiger partial charge in [-0.1, -0.05) is 78.6 Å². The van der Waals surface area contributed by atoms with Gasteiger partial charge < -0.3 is 72.5 Å². The second-order valence-electron chi connectivity index (χ2n) is 35.5. The quantitative estimate of drug-likeness (QED) is 0.0187. The number of pyridine rings is 2. The number of halogens is 2. The van der Waals surface area contributed by atoms with Crippen molar-refractivity contribution in [2.75, 3.05) is 114 Å². The first-order valence-corrected chi connectivity index (χ1v) is 43.7. The van der Waals surface area contributed by atoms with Crippen LogP contribution in [0, 0.1) is 56.2 Å². The predicted octanol–water partition coefficient (Wildman–Crippen LogP) is 8.84. The van der Waals surface area contributed by atoms with Crippen molar-refractivity contribution >= 4 is 125 Å².